The fraction of sp³-hybridized carbons (Fsp3) is 0.533. The highest BCUT2D eigenvalue weighted by Gasteiger charge is 2.20. The van der Waals surface area contributed by atoms with Gasteiger partial charge in [-0.3, -0.25) is 0 Å². The topological polar surface area (TPSA) is 3.01 Å². The Morgan fingerprint density at radius 2 is 1.50 bits per heavy atom. The molecule has 0 saturated heterocycles. The van der Waals surface area contributed by atoms with Crippen LogP contribution in [-0.4, -0.2) is 24.4 Å². The number of likely N-dealkylation sites (N-methyl/N-ethyl adjacent to an activating group) is 1. The van der Waals surface area contributed by atoms with E-state index in [9.17, 15) is 0 Å². The van der Waals surface area contributed by atoms with Gasteiger partial charge in [-0.1, -0.05) is 7.43 Å². The van der Waals surface area contributed by atoms with Gasteiger partial charge in [-0.05, 0) is 55.5 Å². The molecule has 0 atom stereocenters. The largest absolute Gasteiger partial charge is 0.238 e. The third-order valence-electron chi connectivity index (χ3n) is 3.93. The summed E-state index contributed by atoms with van der Waals surface area (Å²) >= 11 is 0. The van der Waals surface area contributed by atoms with Crippen LogP contribution in [0.4, 0.5) is 0 Å². The van der Waals surface area contributed by atoms with Gasteiger partial charge in [-0.15, -0.1) is 0 Å². The molecule has 0 spiro atoms. The van der Waals surface area contributed by atoms with Gasteiger partial charge in [0.1, 0.15) is 13.6 Å². The molecule has 1 aliphatic heterocycles. The molecule has 1 heteroatoms. The lowest BCUT2D eigenvalue weighted by atomic mass is 9.87. The van der Waals surface area contributed by atoms with Crippen molar-refractivity contribution in [3.05, 3.63) is 33.4 Å². The van der Waals surface area contributed by atoms with E-state index >= 15 is 0 Å². The van der Waals surface area contributed by atoms with Crippen LogP contribution in [0.1, 0.15) is 40.8 Å². The zero-order valence-corrected chi connectivity index (χ0v) is 10.4. The summed E-state index contributed by atoms with van der Waals surface area (Å²) in [6, 6.07) is 0. The van der Waals surface area contributed by atoms with E-state index in [-0.39, 0.29) is 7.43 Å². The molecule has 1 aromatic rings. The van der Waals surface area contributed by atoms with E-state index < -0.39 is 0 Å². The Kier molecular flexibility index (Phi) is 3.57. The van der Waals surface area contributed by atoms with Crippen LogP contribution >= 0.6 is 0 Å². The van der Waals surface area contributed by atoms with Crippen molar-refractivity contribution in [3.63, 3.8) is 0 Å². The second-order valence-electron chi connectivity index (χ2n) is 4.75. The number of fused-ring (bicyclic) bond motifs is 1. The first-order chi connectivity index (χ1) is 7.02. The fourth-order valence-electron chi connectivity index (χ4n) is 2.49. The van der Waals surface area contributed by atoms with Gasteiger partial charge < -0.3 is 0 Å². The third-order valence-corrected chi connectivity index (χ3v) is 3.93. The maximum atomic E-state index is 2.30. The minimum absolute atomic E-state index is 0. The Hall–Kier alpha value is -1.11. The van der Waals surface area contributed by atoms with E-state index in [2.05, 4.69) is 45.5 Å². The van der Waals surface area contributed by atoms with E-state index in [4.69, 9.17) is 0 Å². The molecule has 0 saturated carbocycles. The normalized spacial score (nSPS) is 13.9. The number of rotatable bonds is 0. The van der Waals surface area contributed by atoms with Crippen LogP contribution in [0.3, 0.4) is 0 Å². The standard InChI is InChI=1S/C14H20N.CH4/c1-9-10(2)12(4)14-8-15(5)7-6-13(14)11(9)3;/h8H,6-7H2,1-5H3;1H4/q+1;. The van der Waals surface area contributed by atoms with Crippen LogP contribution < -0.4 is 0 Å². The molecule has 1 nitrogen and oxygen atoms in total. The number of nitrogens with zero attached hydrogens (tertiary/aromatic N) is 1. The number of hydrogen-bond donors (Lipinski definition) is 0. The molecule has 1 heterocycles. The first-order valence-corrected chi connectivity index (χ1v) is 5.66. The van der Waals surface area contributed by atoms with Gasteiger partial charge >= 0.3 is 0 Å². The van der Waals surface area contributed by atoms with Gasteiger partial charge in [0.25, 0.3) is 0 Å². The molecular weight excluding hydrogens is 194 g/mol. The molecule has 0 aromatic heterocycles. The Labute approximate surface area is 99.8 Å². The molecule has 0 amide bonds. The fourth-order valence-corrected chi connectivity index (χ4v) is 2.49. The molecular formula is C15H24N+. The minimum atomic E-state index is 0. The molecule has 88 valence electrons. The molecule has 2 rings (SSSR count). The molecule has 0 unspecified atom stereocenters. The highest BCUT2D eigenvalue weighted by molar-refractivity contribution is 5.83. The van der Waals surface area contributed by atoms with Crippen LogP contribution in [0.25, 0.3) is 0 Å². The van der Waals surface area contributed by atoms with Crippen LogP contribution in [0.2, 0.25) is 0 Å². The monoisotopic (exact) mass is 218 g/mol. The van der Waals surface area contributed by atoms with Crippen molar-refractivity contribution >= 4 is 6.21 Å². The van der Waals surface area contributed by atoms with Crippen LogP contribution in [0.15, 0.2) is 0 Å². The number of hydrogen-bond acceptors (Lipinski definition) is 0. The van der Waals surface area contributed by atoms with Crippen molar-refractivity contribution in [1.29, 1.82) is 0 Å². The summed E-state index contributed by atoms with van der Waals surface area (Å²) < 4.78 is 2.30. The molecule has 16 heavy (non-hydrogen) atoms. The minimum Gasteiger partial charge on any atom is -0.238 e. The van der Waals surface area contributed by atoms with E-state index in [1.807, 2.05) is 0 Å². The van der Waals surface area contributed by atoms with Crippen molar-refractivity contribution in [3.8, 4) is 0 Å². The molecule has 0 radical (unpaired) electrons. The van der Waals surface area contributed by atoms with Gasteiger partial charge in [0.15, 0.2) is 6.21 Å². The van der Waals surface area contributed by atoms with Gasteiger partial charge in [-0.25, -0.2) is 4.58 Å². The van der Waals surface area contributed by atoms with Crippen molar-refractivity contribution in [2.75, 3.05) is 13.6 Å². The lowest BCUT2D eigenvalue weighted by molar-refractivity contribution is -0.493. The van der Waals surface area contributed by atoms with Crippen LogP contribution in [0, 0.1) is 27.7 Å². The summed E-state index contributed by atoms with van der Waals surface area (Å²) in [5, 5.41) is 0. The molecule has 1 aliphatic rings. The summed E-state index contributed by atoms with van der Waals surface area (Å²) in [5.41, 5.74) is 8.91. The van der Waals surface area contributed by atoms with E-state index in [1.54, 1.807) is 5.56 Å². The Morgan fingerprint density at radius 1 is 0.938 bits per heavy atom. The molecule has 0 aliphatic carbocycles. The van der Waals surface area contributed by atoms with Crippen molar-refractivity contribution in [2.45, 2.75) is 41.5 Å². The Bertz CT molecular complexity index is 453. The predicted octanol–water partition coefficient (Wildman–Crippen LogP) is 3.17. The molecule has 0 N–H and O–H groups in total. The maximum Gasteiger partial charge on any atom is 0.171 e. The Morgan fingerprint density at radius 3 is 2.12 bits per heavy atom. The summed E-state index contributed by atoms with van der Waals surface area (Å²) in [6.07, 6.45) is 3.49. The smallest absolute Gasteiger partial charge is 0.171 e. The second kappa shape index (κ2) is 4.40. The van der Waals surface area contributed by atoms with Gasteiger partial charge in [-0.2, -0.15) is 0 Å². The van der Waals surface area contributed by atoms with Crippen molar-refractivity contribution in [2.24, 2.45) is 0 Å². The highest BCUT2D eigenvalue weighted by Crippen LogP contribution is 2.27. The zero-order valence-electron chi connectivity index (χ0n) is 10.4. The predicted molar refractivity (Wildman–Crippen MR) is 72.0 cm³/mol. The lowest BCUT2D eigenvalue weighted by Gasteiger charge is -2.20. The lowest BCUT2D eigenvalue weighted by Crippen LogP contribution is -2.21. The summed E-state index contributed by atoms with van der Waals surface area (Å²) in [5.74, 6) is 0. The van der Waals surface area contributed by atoms with Gasteiger partial charge in [0, 0.05) is 12.0 Å². The van der Waals surface area contributed by atoms with E-state index in [0.717, 1.165) is 6.54 Å². The summed E-state index contributed by atoms with van der Waals surface area (Å²) in [4.78, 5) is 0. The Balaban J connectivity index is 0.00000128. The average Bonchev–Trinajstić information content (AvgIpc) is 2.23. The zero-order chi connectivity index (χ0) is 11.2. The molecule has 0 bridgehead atoms. The first-order valence-electron chi connectivity index (χ1n) is 5.66. The van der Waals surface area contributed by atoms with Gasteiger partial charge in [0.05, 0.1) is 0 Å². The van der Waals surface area contributed by atoms with Gasteiger partial charge in [0.2, 0.25) is 0 Å². The SMILES string of the molecule is C.Cc1c(C)c(C)c2c(c1C)C=[N+](C)CC2. The highest BCUT2D eigenvalue weighted by atomic mass is 15.0. The number of benzene rings is 1. The quantitative estimate of drug-likeness (QED) is 0.588. The van der Waals surface area contributed by atoms with Crippen molar-refractivity contribution in [1.82, 2.24) is 0 Å². The van der Waals surface area contributed by atoms with E-state index in [1.165, 1.54) is 34.2 Å². The van der Waals surface area contributed by atoms with Crippen molar-refractivity contribution < 1.29 is 4.58 Å². The van der Waals surface area contributed by atoms with E-state index in [0.29, 0.717) is 0 Å². The summed E-state index contributed by atoms with van der Waals surface area (Å²) in [7, 11) is 2.16. The molecule has 0 fully saturated rings. The first kappa shape index (κ1) is 13.0. The van der Waals surface area contributed by atoms with Crippen LogP contribution in [-0.2, 0) is 6.42 Å². The third kappa shape index (κ3) is 1.79. The maximum absolute atomic E-state index is 2.30. The second-order valence-corrected chi connectivity index (χ2v) is 4.75. The average molecular weight is 218 g/mol. The molecule has 1 aromatic carbocycles. The van der Waals surface area contributed by atoms with Crippen LogP contribution in [0.5, 0.6) is 0 Å². The summed E-state index contributed by atoms with van der Waals surface area (Å²) in [6.45, 7) is 10.1.